The van der Waals surface area contributed by atoms with Crippen molar-refractivity contribution in [2.75, 3.05) is 5.75 Å². The molecule has 0 saturated heterocycles. The summed E-state index contributed by atoms with van der Waals surface area (Å²) < 4.78 is 0. The molecular formula is C21H23N3OS2. The third kappa shape index (κ3) is 4.68. The number of fused-ring (bicyclic) bond motifs is 1. The lowest BCUT2D eigenvalue weighted by Crippen LogP contribution is -2.35. The van der Waals surface area contributed by atoms with Crippen molar-refractivity contribution in [2.45, 2.75) is 49.6 Å². The Bertz CT molecular complexity index is 902. The summed E-state index contributed by atoms with van der Waals surface area (Å²) in [5, 5.41) is 5.13. The van der Waals surface area contributed by atoms with Crippen molar-refractivity contribution < 1.29 is 4.79 Å². The van der Waals surface area contributed by atoms with Crippen molar-refractivity contribution in [3.8, 4) is 10.4 Å². The fraction of sp³-hybridized carbons (Fsp3) is 0.381. The van der Waals surface area contributed by atoms with Crippen molar-refractivity contribution >= 4 is 39.2 Å². The van der Waals surface area contributed by atoms with E-state index in [0.717, 1.165) is 28.1 Å². The van der Waals surface area contributed by atoms with Gasteiger partial charge in [0, 0.05) is 16.3 Å². The molecular weight excluding hydrogens is 374 g/mol. The van der Waals surface area contributed by atoms with E-state index in [1.807, 2.05) is 18.2 Å². The van der Waals surface area contributed by atoms with E-state index in [1.54, 1.807) is 17.7 Å². The van der Waals surface area contributed by atoms with Crippen LogP contribution in [0.25, 0.3) is 20.7 Å². The molecule has 1 saturated carbocycles. The number of nitrogens with zero attached hydrogens (tertiary/aromatic N) is 2. The molecule has 0 radical (unpaired) electrons. The van der Waals surface area contributed by atoms with Gasteiger partial charge in [-0.25, -0.2) is 9.97 Å². The van der Waals surface area contributed by atoms with Gasteiger partial charge in [0.05, 0.1) is 5.75 Å². The van der Waals surface area contributed by atoms with Crippen LogP contribution in [0.4, 0.5) is 0 Å². The number of carbonyl (C=O) groups is 1. The molecule has 1 fully saturated rings. The standard InChI is InChI=1S/C21H23N3OS2/c25-19(24-16-10-6-1-2-7-11-16)13-26-20-17-12-18(15-8-4-3-5-9-15)27-21(17)23-14-22-20/h3-5,8-9,12,14,16H,1-2,6-7,10-11,13H2,(H,24,25). The molecule has 0 atom stereocenters. The lowest BCUT2D eigenvalue weighted by molar-refractivity contribution is -0.119. The minimum absolute atomic E-state index is 0.108. The largest absolute Gasteiger partial charge is 0.353 e. The topological polar surface area (TPSA) is 54.9 Å². The lowest BCUT2D eigenvalue weighted by Gasteiger charge is -2.15. The van der Waals surface area contributed by atoms with Gasteiger partial charge in [0.25, 0.3) is 0 Å². The monoisotopic (exact) mass is 397 g/mol. The van der Waals surface area contributed by atoms with Crippen LogP contribution < -0.4 is 5.32 Å². The van der Waals surface area contributed by atoms with Gasteiger partial charge < -0.3 is 5.32 Å². The van der Waals surface area contributed by atoms with Crippen LogP contribution in [0.3, 0.4) is 0 Å². The van der Waals surface area contributed by atoms with Gasteiger partial charge in [-0.15, -0.1) is 11.3 Å². The first kappa shape index (κ1) is 18.4. The Morgan fingerprint density at radius 2 is 1.89 bits per heavy atom. The van der Waals surface area contributed by atoms with Crippen LogP contribution in [0, 0.1) is 0 Å². The van der Waals surface area contributed by atoms with Gasteiger partial charge in [0.2, 0.25) is 5.91 Å². The maximum atomic E-state index is 12.4. The van der Waals surface area contributed by atoms with Gasteiger partial charge in [0.1, 0.15) is 16.2 Å². The highest BCUT2D eigenvalue weighted by Gasteiger charge is 2.16. The number of thiophene rings is 1. The molecule has 140 valence electrons. The van der Waals surface area contributed by atoms with Crippen molar-refractivity contribution in [3.05, 3.63) is 42.7 Å². The zero-order valence-electron chi connectivity index (χ0n) is 15.2. The van der Waals surface area contributed by atoms with Gasteiger partial charge in [-0.05, 0) is 24.5 Å². The van der Waals surface area contributed by atoms with E-state index in [-0.39, 0.29) is 5.91 Å². The Labute approximate surface area is 167 Å². The Hall–Kier alpha value is -1.92. The number of hydrogen-bond acceptors (Lipinski definition) is 5. The highest BCUT2D eigenvalue weighted by Crippen LogP contribution is 2.36. The summed E-state index contributed by atoms with van der Waals surface area (Å²) in [4.78, 5) is 23.4. The fourth-order valence-electron chi connectivity index (χ4n) is 3.52. The number of thioether (sulfide) groups is 1. The molecule has 4 rings (SSSR count). The second kappa shape index (κ2) is 8.85. The van der Waals surface area contributed by atoms with E-state index in [2.05, 4.69) is 33.5 Å². The van der Waals surface area contributed by atoms with Crippen LogP contribution in [0.2, 0.25) is 0 Å². The molecule has 0 aliphatic heterocycles. The molecule has 1 N–H and O–H groups in total. The SMILES string of the molecule is O=C(CSc1ncnc2sc(-c3ccccc3)cc12)NC1CCCCCC1. The molecule has 4 nitrogen and oxygen atoms in total. The van der Waals surface area contributed by atoms with E-state index in [4.69, 9.17) is 0 Å². The van der Waals surface area contributed by atoms with Crippen LogP contribution in [0.1, 0.15) is 38.5 Å². The second-order valence-electron chi connectivity index (χ2n) is 6.92. The minimum Gasteiger partial charge on any atom is -0.353 e. The van der Waals surface area contributed by atoms with Crippen LogP contribution in [-0.4, -0.2) is 27.7 Å². The number of rotatable bonds is 5. The number of hydrogen-bond donors (Lipinski definition) is 1. The Balaban J connectivity index is 1.44. The fourth-order valence-corrected chi connectivity index (χ4v) is 5.37. The predicted molar refractivity (Wildman–Crippen MR) is 113 cm³/mol. The summed E-state index contributed by atoms with van der Waals surface area (Å²) in [6, 6.07) is 12.8. The minimum atomic E-state index is 0.108. The zero-order valence-corrected chi connectivity index (χ0v) is 16.8. The van der Waals surface area contributed by atoms with Gasteiger partial charge in [-0.3, -0.25) is 4.79 Å². The summed E-state index contributed by atoms with van der Waals surface area (Å²) in [6.45, 7) is 0. The highest BCUT2D eigenvalue weighted by molar-refractivity contribution is 8.00. The molecule has 0 unspecified atom stereocenters. The van der Waals surface area contributed by atoms with Crippen LogP contribution in [0.15, 0.2) is 47.8 Å². The summed E-state index contributed by atoms with van der Waals surface area (Å²) in [6.07, 6.45) is 8.85. The van der Waals surface area contributed by atoms with E-state index in [9.17, 15) is 4.79 Å². The lowest BCUT2D eigenvalue weighted by atomic mass is 10.1. The molecule has 27 heavy (non-hydrogen) atoms. The van der Waals surface area contributed by atoms with Crippen molar-refractivity contribution in [1.29, 1.82) is 0 Å². The molecule has 2 heterocycles. The highest BCUT2D eigenvalue weighted by atomic mass is 32.2. The van der Waals surface area contributed by atoms with Crippen molar-refractivity contribution in [1.82, 2.24) is 15.3 Å². The van der Waals surface area contributed by atoms with E-state index in [0.29, 0.717) is 11.8 Å². The summed E-state index contributed by atoms with van der Waals surface area (Å²) in [5.41, 5.74) is 1.18. The predicted octanol–water partition coefficient (Wildman–Crippen LogP) is 5.29. The zero-order chi connectivity index (χ0) is 18.5. The molecule has 0 spiro atoms. The molecule has 3 aromatic rings. The molecule has 1 aliphatic carbocycles. The summed E-state index contributed by atoms with van der Waals surface area (Å²) in [5.74, 6) is 0.510. The van der Waals surface area contributed by atoms with E-state index in [1.165, 1.54) is 47.9 Å². The number of carbonyl (C=O) groups excluding carboxylic acids is 1. The molecule has 2 aromatic heterocycles. The van der Waals surface area contributed by atoms with Crippen LogP contribution >= 0.6 is 23.1 Å². The first-order valence-electron chi connectivity index (χ1n) is 9.52. The maximum absolute atomic E-state index is 12.4. The second-order valence-corrected chi connectivity index (χ2v) is 8.91. The van der Waals surface area contributed by atoms with Gasteiger partial charge in [-0.1, -0.05) is 67.8 Å². The van der Waals surface area contributed by atoms with Gasteiger partial charge in [-0.2, -0.15) is 0 Å². The number of amides is 1. The number of nitrogens with one attached hydrogen (secondary N) is 1. The Kier molecular flexibility index (Phi) is 6.04. The molecule has 6 heteroatoms. The Morgan fingerprint density at radius 3 is 2.67 bits per heavy atom. The first-order valence-corrected chi connectivity index (χ1v) is 11.3. The summed E-state index contributed by atoms with van der Waals surface area (Å²) >= 11 is 3.17. The molecule has 0 bridgehead atoms. The summed E-state index contributed by atoms with van der Waals surface area (Å²) in [7, 11) is 0. The number of aromatic nitrogens is 2. The van der Waals surface area contributed by atoms with Crippen LogP contribution in [0.5, 0.6) is 0 Å². The number of benzene rings is 1. The average molecular weight is 398 g/mol. The van der Waals surface area contributed by atoms with Crippen molar-refractivity contribution in [3.63, 3.8) is 0 Å². The van der Waals surface area contributed by atoms with Crippen LogP contribution in [-0.2, 0) is 4.79 Å². The first-order chi connectivity index (χ1) is 13.3. The van der Waals surface area contributed by atoms with Gasteiger partial charge in [0.15, 0.2) is 0 Å². The van der Waals surface area contributed by atoms with E-state index >= 15 is 0 Å². The van der Waals surface area contributed by atoms with Gasteiger partial charge >= 0.3 is 0 Å². The third-order valence-corrected chi connectivity index (χ3v) is 7.01. The van der Waals surface area contributed by atoms with E-state index < -0.39 is 0 Å². The molecule has 1 aliphatic rings. The molecule has 1 aromatic carbocycles. The average Bonchev–Trinajstić information content (AvgIpc) is 2.98. The molecule has 1 amide bonds. The maximum Gasteiger partial charge on any atom is 0.230 e. The van der Waals surface area contributed by atoms with Crippen molar-refractivity contribution in [2.24, 2.45) is 0 Å². The normalized spacial score (nSPS) is 15.6. The Morgan fingerprint density at radius 1 is 1.11 bits per heavy atom. The third-order valence-electron chi connectivity index (χ3n) is 4.91. The quantitative estimate of drug-likeness (QED) is 0.361. The smallest absolute Gasteiger partial charge is 0.230 e.